The van der Waals surface area contributed by atoms with Crippen molar-refractivity contribution in [2.45, 2.75) is 22.3 Å². The molecule has 0 rings (SSSR count). The lowest BCUT2D eigenvalue weighted by Gasteiger charge is -2.30. The van der Waals surface area contributed by atoms with Gasteiger partial charge in [0.15, 0.2) is 9.49 Å². The van der Waals surface area contributed by atoms with E-state index in [-0.39, 0.29) is 21.6 Å². The number of hydrogen-bond acceptors (Lipinski definition) is 8. The highest BCUT2D eigenvalue weighted by Gasteiger charge is 2.48. The van der Waals surface area contributed by atoms with Gasteiger partial charge in [-0.1, -0.05) is 21.6 Å². The lowest BCUT2D eigenvalue weighted by molar-refractivity contribution is -0.147. The summed E-state index contributed by atoms with van der Waals surface area (Å²) in [6, 6.07) is 0. The fraction of sp³-hybridized carbons (Fsp3) is 0.600. The summed E-state index contributed by atoms with van der Waals surface area (Å²) in [7, 11) is 0.379. The Morgan fingerprint density at radius 2 is 0.955 bits per heavy atom. The van der Waals surface area contributed by atoms with Crippen molar-refractivity contribution < 1.29 is 49.8 Å². The van der Waals surface area contributed by atoms with Crippen LogP contribution in [0.5, 0.6) is 0 Å². The Hall–Kier alpha value is -1.50. The van der Waals surface area contributed by atoms with E-state index in [1.165, 1.54) is 0 Å². The number of aliphatic hydroxyl groups is 2. The molecule has 0 aromatic heterocycles. The molecule has 0 heterocycles. The zero-order valence-electron chi connectivity index (χ0n) is 11.0. The van der Waals surface area contributed by atoms with Gasteiger partial charge in [0.2, 0.25) is 0 Å². The Kier molecular flexibility index (Phi) is 7.66. The zero-order chi connectivity index (χ0) is 17.6. The summed E-state index contributed by atoms with van der Waals surface area (Å²) in [4.78, 5) is 43.9. The molecule has 12 heteroatoms. The van der Waals surface area contributed by atoms with Crippen LogP contribution in [0, 0.1) is 0 Å². The summed E-state index contributed by atoms with van der Waals surface area (Å²) in [5.41, 5.74) is 0. The number of aliphatic carboxylic acids is 4. The van der Waals surface area contributed by atoms with Crippen LogP contribution >= 0.6 is 21.6 Å². The van der Waals surface area contributed by atoms with Crippen LogP contribution in [0.15, 0.2) is 0 Å². The van der Waals surface area contributed by atoms with Crippen molar-refractivity contribution >= 4 is 45.5 Å². The second kappa shape index (κ2) is 8.22. The molecule has 0 aliphatic carbocycles. The first-order valence-electron chi connectivity index (χ1n) is 5.54. The van der Waals surface area contributed by atoms with E-state index in [4.69, 9.17) is 20.4 Å². The smallest absolute Gasteiger partial charge is 0.323 e. The first-order chi connectivity index (χ1) is 10.0. The lowest BCUT2D eigenvalue weighted by atomic mass is 10.1. The molecule has 0 aromatic rings. The highest BCUT2D eigenvalue weighted by molar-refractivity contribution is 8.78. The Morgan fingerprint density at radius 1 is 0.682 bits per heavy atom. The molecule has 2 unspecified atom stereocenters. The van der Waals surface area contributed by atoms with Crippen molar-refractivity contribution in [3.8, 4) is 0 Å². The molecule has 0 amide bonds. The molecule has 22 heavy (non-hydrogen) atoms. The fourth-order valence-electron chi connectivity index (χ4n) is 1.23. The maximum atomic E-state index is 11.2. The molecule has 0 fully saturated rings. The van der Waals surface area contributed by atoms with Crippen LogP contribution in [0.4, 0.5) is 0 Å². The first-order valence-corrected chi connectivity index (χ1v) is 7.69. The molecule has 0 spiro atoms. The summed E-state index contributed by atoms with van der Waals surface area (Å²) >= 11 is 0. The van der Waals surface area contributed by atoms with Crippen LogP contribution in [0.25, 0.3) is 0 Å². The summed E-state index contributed by atoms with van der Waals surface area (Å²) < 4.78 is -4.55. The highest BCUT2D eigenvalue weighted by Crippen LogP contribution is 2.47. The minimum atomic E-state index is -2.27. The van der Waals surface area contributed by atoms with E-state index in [0.29, 0.717) is 0 Å². The van der Waals surface area contributed by atoms with Gasteiger partial charge in [-0.15, -0.1) is 0 Å². The van der Waals surface area contributed by atoms with Crippen molar-refractivity contribution in [3.05, 3.63) is 0 Å². The van der Waals surface area contributed by atoms with E-state index in [2.05, 4.69) is 0 Å². The monoisotopic (exact) mass is 358 g/mol. The third-order valence-corrected chi connectivity index (χ3v) is 6.31. The van der Waals surface area contributed by atoms with Gasteiger partial charge in [0.05, 0.1) is 26.1 Å². The highest BCUT2D eigenvalue weighted by atomic mass is 33.1. The van der Waals surface area contributed by atoms with Gasteiger partial charge in [0.1, 0.15) is 0 Å². The number of aliphatic hydroxyl groups excluding tert-OH is 2. The Balaban J connectivity index is 5.44. The maximum Gasteiger partial charge on any atom is 0.323 e. The predicted octanol–water partition coefficient (Wildman–Crippen LogP) is -1.05. The van der Waals surface area contributed by atoms with Gasteiger partial charge in [0, 0.05) is 0 Å². The van der Waals surface area contributed by atoms with Crippen molar-refractivity contribution in [3.63, 3.8) is 0 Å². The molecule has 0 radical (unpaired) electrons. The molecule has 10 nitrogen and oxygen atoms in total. The van der Waals surface area contributed by atoms with Gasteiger partial charge in [-0.3, -0.25) is 19.2 Å². The van der Waals surface area contributed by atoms with E-state index in [9.17, 15) is 29.4 Å². The molecular weight excluding hydrogens is 344 g/mol. The van der Waals surface area contributed by atoms with E-state index in [1.54, 1.807) is 0 Å². The molecule has 6 N–H and O–H groups in total. The van der Waals surface area contributed by atoms with Crippen molar-refractivity contribution in [1.29, 1.82) is 0 Å². The van der Waals surface area contributed by atoms with Gasteiger partial charge in [-0.25, -0.2) is 0 Å². The van der Waals surface area contributed by atoms with Crippen molar-refractivity contribution in [1.82, 2.24) is 0 Å². The van der Waals surface area contributed by atoms with E-state index in [1.807, 2.05) is 0 Å². The van der Waals surface area contributed by atoms with Crippen LogP contribution in [-0.4, -0.2) is 77.2 Å². The average Bonchev–Trinajstić information content (AvgIpc) is 2.40. The van der Waals surface area contributed by atoms with Gasteiger partial charge < -0.3 is 30.6 Å². The summed E-state index contributed by atoms with van der Waals surface area (Å²) in [5, 5.41) is 53.9. The van der Waals surface area contributed by atoms with Crippen LogP contribution in [0.1, 0.15) is 12.8 Å². The van der Waals surface area contributed by atoms with E-state index in [0.717, 1.165) is 0 Å². The minimum Gasteiger partial charge on any atom is -0.481 e. The molecule has 0 aliphatic rings. The summed E-state index contributed by atoms with van der Waals surface area (Å²) in [5.74, 6) is -6.51. The predicted molar refractivity (Wildman–Crippen MR) is 74.6 cm³/mol. The number of carboxylic acid groups (broad SMARTS) is 4. The molecule has 0 saturated carbocycles. The third kappa shape index (κ3) is 5.05. The van der Waals surface area contributed by atoms with Crippen molar-refractivity contribution in [2.24, 2.45) is 0 Å². The minimum absolute atomic E-state index is 0.189. The number of hydrogen-bond donors (Lipinski definition) is 6. The standard InChI is InChI=1S/C10H14O10S2/c11-3-9(7(17)18,1-5(13)14)21-22-10(4-12,8(19)20)2-6(15)16/h11-12H,1-4H2,(H,13,14)(H,15,16)(H,17,18)(H,19,20). The Bertz CT molecular complexity index is 425. The third-order valence-electron chi connectivity index (χ3n) is 2.52. The second-order valence-electron chi connectivity index (χ2n) is 4.22. The molecular formula is C10H14O10S2. The summed E-state index contributed by atoms with van der Waals surface area (Å²) in [6.07, 6.45) is -2.05. The number of rotatable bonds is 11. The molecule has 126 valence electrons. The summed E-state index contributed by atoms with van der Waals surface area (Å²) in [6.45, 7) is -2.25. The Morgan fingerprint density at radius 3 is 1.09 bits per heavy atom. The van der Waals surface area contributed by atoms with Crippen molar-refractivity contribution in [2.75, 3.05) is 13.2 Å². The molecule has 0 bridgehead atoms. The van der Waals surface area contributed by atoms with E-state index >= 15 is 0 Å². The van der Waals surface area contributed by atoms with Crippen LogP contribution in [-0.2, 0) is 19.2 Å². The zero-order valence-corrected chi connectivity index (χ0v) is 12.6. The molecule has 2 atom stereocenters. The molecule has 0 aromatic carbocycles. The normalized spacial score (nSPS) is 16.3. The van der Waals surface area contributed by atoms with Crippen LogP contribution < -0.4 is 0 Å². The van der Waals surface area contributed by atoms with Gasteiger partial charge in [-0.05, 0) is 0 Å². The topological polar surface area (TPSA) is 190 Å². The number of carboxylic acids is 4. The van der Waals surface area contributed by atoms with Gasteiger partial charge >= 0.3 is 23.9 Å². The van der Waals surface area contributed by atoms with Gasteiger partial charge in [0.25, 0.3) is 0 Å². The van der Waals surface area contributed by atoms with E-state index < -0.39 is 59.4 Å². The molecule has 0 aliphatic heterocycles. The Labute approximate surface area is 131 Å². The quantitative estimate of drug-likeness (QED) is 0.246. The van der Waals surface area contributed by atoms with Gasteiger partial charge in [-0.2, -0.15) is 0 Å². The number of carbonyl (C=O) groups is 4. The van der Waals surface area contributed by atoms with Crippen LogP contribution in [0.3, 0.4) is 0 Å². The fourth-order valence-corrected chi connectivity index (χ4v) is 4.22. The largest absolute Gasteiger partial charge is 0.481 e. The SMILES string of the molecule is O=C(O)CC(CO)(SSC(CO)(CC(=O)O)C(=O)O)C(=O)O. The lowest BCUT2D eigenvalue weighted by Crippen LogP contribution is -2.44. The van der Waals surface area contributed by atoms with Crippen LogP contribution in [0.2, 0.25) is 0 Å². The first kappa shape index (κ1) is 20.5. The second-order valence-corrected chi connectivity index (χ2v) is 7.12. The molecule has 0 saturated heterocycles. The maximum absolute atomic E-state index is 11.2. The average molecular weight is 358 g/mol.